The van der Waals surface area contributed by atoms with Crippen molar-refractivity contribution in [3.05, 3.63) is 53.6 Å². The summed E-state index contributed by atoms with van der Waals surface area (Å²) < 4.78 is 10.7. The van der Waals surface area contributed by atoms with Gasteiger partial charge in [0.15, 0.2) is 16.7 Å². The maximum atomic E-state index is 12.5. The van der Waals surface area contributed by atoms with Crippen LogP contribution in [0.2, 0.25) is 0 Å². The van der Waals surface area contributed by atoms with Gasteiger partial charge in [0.2, 0.25) is 12.7 Å². The van der Waals surface area contributed by atoms with Gasteiger partial charge >= 0.3 is 0 Å². The van der Waals surface area contributed by atoms with E-state index in [-0.39, 0.29) is 24.7 Å². The Bertz CT molecular complexity index is 915. The van der Waals surface area contributed by atoms with Gasteiger partial charge in [-0.3, -0.25) is 9.79 Å². The number of fused-ring (bicyclic) bond motifs is 1. The number of benzene rings is 2. The molecule has 0 spiro atoms. The molecule has 2 heterocycles. The van der Waals surface area contributed by atoms with Gasteiger partial charge < -0.3 is 20.5 Å². The van der Waals surface area contributed by atoms with Crippen LogP contribution in [-0.2, 0) is 16.8 Å². The van der Waals surface area contributed by atoms with E-state index >= 15 is 0 Å². The van der Waals surface area contributed by atoms with Crippen LogP contribution in [0.3, 0.4) is 0 Å². The van der Waals surface area contributed by atoms with Gasteiger partial charge in [-0.15, -0.1) is 0 Å². The van der Waals surface area contributed by atoms with E-state index in [9.17, 15) is 4.79 Å². The topological polar surface area (TPSA) is 85.9 Å². The zero-order valence-corrected chi connectivity index (χ0v) is 15.8. The smallest absolute Gasteiger partial charge is 0.231 e. The summed E-state index contributed by atoms with van der Waals surface area (Å²) in [4.78, 5) is 17.1. The van der Waals surface area contributed by atoms with E-state index in [1.54, 1.807) is 11.8 Å². The Labute approximate surface area is 162 Å². The van der Waals surface area contributed by atoms with Gasteiger partial charge in [-0.05, 0) is 48.7 Å². The monoisotopic (exact) mass is 383 g/mol. The predicted octanol–water partition coefficient (Wildman–Crippen LogP) is 3.26. The highest BCUT2D eigenvalue weighted by Crippen LogP contribution is 2.36. The SMILES string of the molecule is CC1(c2cccc(NC(=O)Cc3ccc4c(c3)OCO4)c2)CCSC(N)=N1. The quantitative estimate of drug-likeness (QED) is 0.846. The van der Waals surface area contributed by atoms with Crippen LogP contribution in [0.5, 0.6) is 11.5 Å². The number of nitrogens with zero attached hydrogens (tertiary/aromatic N) is 1. The number of nitrogens with two attached hydrogens (primary N) is 1. The highest BCUT2D eigenvalue weighted by atomic mass is 32.2. The van der Waals surface area contributed by atoms with Gasteiger partial charge in [0.05, 0.1) is 12.0 Å². The van der Waals surface area contributed by atoms with Crippen molar-refractivity contribution in [1.29, 1.82) is 0 Å². The average molecular weight is 383 g/mol. The van der Waals surface area contributed by atoms with E-state index < -0.39 is 0 Å². The summed E-state index contributed by atoms with van der Waals surface area (Å²) in [6, 6.07) is 13.4. The van der Waals surface area contributed by atoms with E-state index in [0.717, 1.165) is 29.0 Å². The molecule has 27 heavy (non-hydrogen) atoms. The Morgan fingerprint density at radius 3 is 2.96 bits per heavy atom. The predicted molar refractivity (Wildman–Crippen MR) is 107 cm³/mol. The first-order valence-corrected chi connectivity index (χ1v) is 9.77. The Morgan fingerprint density at radius 2 is 2.11 bits per heavy atom. The maximum Gasteiger partial charge on any atom is 0.231 e. The molecule has 2 aromatic rings. The first-order valence-electron chi connectivity index (χ1n) is 8.79. The molecule has 2 aliphatic rings. The summed E-state index contributed by atoms with van der Waals surface area (Å²) in [5.41, 5.74) is 8.24. The van der Waals surface area contributed by atoms with E-state index in [1.165, 1.54) is 0 Å². The minimum Gasteiger partial charge on any atom is -0.454 e. The summed E-state index contributed by atoms with van der Waals surface area (Å²) in [5.74, 6) is 2.25. The molecule has 0 aromatic heterocycles. The van der Waals surface area contributed by atoms with Crippen molar-refractivity contribution >= 4 is 28.5 Å². The lowest BCUT2D eigenvalue weighted by atomic mass is 9.89. The molecule has 6 nitrogen and oxygen atoms in total. The Kier molecular flexibility index (Phi) is 4.70. The third-order valence-corrected chi connectivity index (χ3v) is 5.56. The van der Waals surface area contributed by atoms with Crippen molar-refractivity contribution in [2.75, 3.05) is 17.9 Å². The van der Waals surface area contributed by atoms with Crippen LogP contribution in [0, 0.1) is 0 Å². The minimum absolute atomic E-state index is 0.0848. The number of carbonyl (C=O) groups excluding carboxylic acids is 1. The molecule has 4 rings (SSSR count). The molecule has 0 aliphatic carbocycles. The van der Waals surface area contributed by atoms with Gasteiger partial charge in [-0.1, -0.05) is 30.0 Å². The first-order chi connectivity index (χ1) is 13.0. The Balaban J connectivity index is 1.46. The molecule has 140 valence electrons. The number of thioether (sulfide) groups is 1. The number of anilines is 1. The second-order valence-electron chi connectivity index (χ2n) is 6.82. The number of nitrogens with one attached hydrogen (secondary N) is 1. The summed E-state index contributed by atoms with van der Waals surface area (Å²) >= 11 is 1.58. The molecule has 7 heteroatoms. The molecular formula is C20H21N3O3S. The number of hydrogen-bond acceptors (Lipinski definition) is 6. The molecule has 0 saturated heterocycles. The van der Waals surface area contributed by atoms with E-state index in [4.69, 9.17) is 15.2 Å². The zero-order valence-electron chi connectivity index (χ0n) is 15.0. The van der Waals surface area contributed by atoms with Crippen molar-refractivity contribution in [3.8, 4) is 11.5 Å². The molecule has 0 bridgehead atoms. The second kappa shape index (κ2) is 7.15. The Morgan fingerprint density at radius 1 is 1.26 bits per heavy atom. The number of ether oxygens (including phenoxy) is 2. The number of aliphatic imine (C=N–C) groups is 1. The van der Waals surface area contributed by atoms with Crippen LogP contribution < -0.4 is 20.5 Å². The average Bonchev–Trinajstić information content (AvgIpc) is 3.09. The fourth-order valence-electron chi connectivity index (χ4n) is 3.27. The van der Waals surface area contributed by atoms with Crippen LogP contribution in [0.1, 0.15) is 24.5 Å². The molecule has 1 amide bonds. The molecule has 2 aromatic carbocycles. The lowest BCUT2D eigenvalue weighted by Gasteiger charge is -2.30. The second-order valence-corrected chi connectivity index (χ2v) is 7.93. The van der Waals surface area contributed by atoms with Crippen molar-refractivity contribution < 1.29 is 14.3 Å². The standard InChI is InChI=1S/C20H21N3O3S/c1-20(7-8-27-19(21)23-20)14-3-2-4-15(11-14)22-18(24)10-13-5-6-16-17(9-13)26-12-25-16/h2-6,9,11H,7-8,10,12H2,1H3,(H2,21,23)(H,22,24). The molecule has 2 aliphatic heterocycles. The number of hydrogen-bond donors (Lipinski definition) is 2. The molecule has 3 N–H and O–H groups in total. The van der Waals surface area contributed by atoms with Gasteiger partial charge in [-0.2, -0.15) is 0 Å². The van der Waals surface area contributed by atoms with Crippen molar-refractivity contribution in [3.63, 3.8) is 0 Å². The molecule has 1 unspecified atom stereocenters. The fourth-order valence-corrected chi connectivity index (χ4v) is 4.24. The number of carbonyl (C=O) groups is 1. The largest absolute Gasteiger partial charge is 0.454 e. The van der Waals surface area contributed by atoms with Crippen molar-refractivity contribution in [2.45, 2.75) is 25.3 Å². The molecule has 0 fully saturated rings. The van der Waals surface area contributed by atoms with Gasteiger partial charge in [0.1, 0.15) is 0 Å². The molecular weight excluding hydrogens is 362 g/mol. The lowest BCUT2D eigenvalue weighted by Crippen LogP contribution is -2.28. The summed E-state index contributed by atoms with van der Waals surface area (Å²) in [6.07, 6.45) is 1.17. The summed E-state index contributed by atoms with van der Waals surface area (Å²) in [6.45, 7) is 2.30. The van der Waals surface area contributed by atoms with Gasteiger partial charge in [-0.25, -0.2) is 0 Å². The van der Waals surface area contributed by atoms with Crippen LogP contribution in [0.25, 0.3) is 0 Å². The number of rotatable bonds is 4. The summed E-state index contributed by atoms with van der Waals surface area (Å²) in [7, 11) is 0. The molecule has 1 atom stereocenters. The molecule has 0 radical (unpaired) electrons. The first kappa shape index (κ1) is 17.7. The summed E-state index contributed by atoms with van der Waals surface area (Å²) in [5, 5.41) is 3.58. The minimum atomic E-state index is -0.354. The maximum absolute atomic E-state index is 12.5. The van der Waals surface area contributed by atoms with Crippen LogP contribution in [-0.4, -0.2) is 23.6 Å². The molecule has 0 saturated carbocycles. The van der Waals surface area contributed by atoms with Crippen LogP contribution in [0.15, 0.2) is 47.5 Å². The Hall–Kier alpha value is -2.67. The number of amides is 1. The normalized spacial score (nSPS) is 20.9. The van der Waals surface area contributed by atoms with Crippen LogP contribution >= 0.6 is 11.8 Å². The third kappa shape index (κ3) is 3.88. The van der Waals surface area contributed by atoms with Gasteiger partial charge in [0, 0.05) is 11.4 Å². The highest BCUT2D eigenvalue weighted by molar-refractivity contribution is 8.13. The van der Waals surface area contributed by atoms with E-state index in [1.807, 2.05) is 42.5 Å². The lowest BCUT2D eigenvalue weighted by molar-refractivity contribution is -0.115. The zero-order chi connectivity index (χ0) is 18.9. The highest BCUT2D eigenvalue weighted by Gasteiger charge is 2.29. The van der Waals surface area contributed by atoms with Crippen molar-refractivity contribution in [2.24, 2.45) is 10.7 Å². The van der Waals surface area contributed by atoms with Gasteiger partial charge in [0.25, 0.3) is 0 Å². The van der Waals surface area contributed by atoms with E-state index in [0.29, 0.717) is 16.7 Å². The number of amidine groups is 1. The van der Waals surface area contributed by atoms with E-state index in [2.05, 4.69) is 17.2 Å². The van der Waals surface area contributed by atoms with Crippen molar-refractivity contribution in [1.82, 2.24) is 0 Å². The van der Waals surface area contributed by atoms with Crippen LogP contribution in [0.4, 0.5) is 5.69 Å². The fraction of sp³-hybridized carbons (Fsp3) is 0.300. The third-order valence-electron chi connectivity index (χ3n) is 4.77.